The molecule has 0 spiro atoms. The van der Waals surface area contributed by atoms with E-state index in [0.717, 1.165) is 34.4 Å². The number of esters is 1. The Morgan fingerprint density at radius 2 is 1.46 bits per heavy atom. The summed E-state index contributed by atoms with van der Waals surface area (Å²) in [5, 5.41) is 12.8. The van der Waals surface area contributed by atoms with Crippen LogP contribution in [0.1, 0.15) is 40.5 Å². The van der Waals surface area contributed by atoms with Crippen LogP contribution >= 0.6 is 0 Å². The zero-order valence-electron chi connectivity index (χ0n) is 13.4. The molecule has 0 amide bonds. The Bertz CT molecular complexity index is 927. The summed E-state index contributed by atoms with van der Waals surface area (Å²) < 4.78 is 5.24. The number of carboxylic acids is 1. The predicted octanol–water partition coefficient (Wildman–Crippen LogP) is 4.65. The highest BCUT2D eigenvalue weighted by Gasteiger charge is 2.09. The number of fused-ring (bicyclic) bond motifs is 2. The van der Waals surface area contributed by atoms with Crippen molar-refractivity contribution in [2.24, 2.45) is 0 Å². The zero-order chi connectivity index (χ0) is 17.1. The van der Waals surface area contributed by atoms with Crippen LogP contribution in [0, 0.1) is 0 Å². The quantitative estimate of drug-likeness (QED) is 0.422. The van der Waals surface area contributed by atoms with Crippen molar-refractivity contribution in [2.45, 2.75) is 19.8 Å². The summed E-state index contributed by atoms with van der Waals surface area (Å²) in [5.41, 5.74) is 0.790. The monoisotopic (exact) mass is 322 g/mol. The number of carbonyl (C=O) groups excluding carboxylic acids is 1. The molecule has 0 unspecified atom stereocenters. The first-order valence-corrected chi connectivity index (χ1v) is 7.96. The molecule has 0 saturated heterocycles. The van der Waals surface area contributed by atoms with Gasteiger partial charge >= 0.3 is 11.9 Å². The largest absolute Gasteiger partial charge is 0.478 e. The van der Waals surface area contributed by atoms with Gasteiger partial charge in [0.05, 0.1) is 17.7 Å². The molecule has 0 aliphatic rings. The van der Waals surface area contributed by atoms with Crippen LogP contribution in [0.3, 0.4) is 0 Å². The molecule has 0 bridgehead atoms. The molecular weight excluding hydrogens is 304 g/mol. The van der Waals surface area contributed by atoms with E-state index in [-0.39, 0.29) is 11.5 Å². The van der Waals surface area contributed by atoms with Gasteiger partial charge in [0, 0.05) is 0 Å². The zero-order valence-corrected chi connectivity index (χ0v) is 13.4. The topological polar surface area (TPSA) is 63.6 Å². The summed E-state index contributed by atoms with van der Waals surface area (Å²) in [7, 11) is 0. The van der Waals surface area contributed by atoms with Crippen molar-refractivity contribution < 1.29 is 19.4 Å². The smallest absolute Gasteiger partial charge is 0.338 e. The van der Waals surface area contributed by atoms with Crippen LogP contribution in [0.5, 0.6) is 0 Å². The van der Waals surface area contributed by atoms with Gasteiger partial charge in [0.25, 0.3) is 0 Å². The minimum Gasteiger partial charge on any atom is -0.478 e. The van der Waals surface area contributed by atoms with E-state index in [0.29, 0.717) is 12.2 Å². The lowest BCUT2D eigenvalue weighted by molar-refractivity contribution is 0.0499. The van der Waals surface area contributed by atoms with Crippen LogP contribution in [0.4, 0.5) is 0 Å². The summed E-state index contributed by atoms with van der Waals surface area (Å²) in [5.74, 6) is -1.26. The van der Waals surface area contributed by atoms with Crippen molar-refractivity contribution in [1.29, 1.82) is 0 Å². The van der Waals surface area contributed by atoms with Crippen molar-refractivity contribution in [2.75, 3.05) is 6.61 Å². The molecule has 0 heterocycles. The second-order valence-electron chi connectivity index (χ2n) is 5.77. The van der Waals surface area contributed by atoms with Crippen LogP contribution in [-0.4, -0.2) is 23.7 Å². The molecule has 4 heteroatoms. The molecule has 0 aliphatic heterocycles. The van der Waals surface area contributed by atoms with E-state index < -0.39 is 5.97 Å². The van der Waals surface area contributed by atoms with E-state index in [2.05, 4.69) is 0 Å². The Labute approximate surface area is 139 Å². The fourth-order valence-electron chi connectivity index (χ4n) is 2.65. The van der Waals surface area contributed by atoms with E-state index in [9.17, 15) is 9.59 Å². The van der Waals surface area contributed by atoms with Gasteiger partial charge in [-0.3, -0.25) is 0 Å². The third-order valence-electron chi connectivity index (χ3n) is 4.01. The maximum atomic E-state index is 12.1. The number of aromatic carboxylic acids is 1. The number of hydrogen-bond donors (Lipinski definition) is 1. The Hall–Kier alpha value is -2.88. The van der Waals surface area contributed by atoms with Gasteiger partial charge in [0.2, 0.25) is 0 Å². The summed E-state index contributed by atoms with van der Waals surface area (Å²) in [6.07, 6.45) is 1.84. The Morgan fingerprint density at radius 1 is 0.875 bits per heavy atom. The van der Waals surface area contributed by atoms with Crippen molar-refractivity contribution >= 4 is 33.5 Å². The Morgan fingerprint density at radius 3 is 2.04 bits per heavy atom. The van der Waals surface area contributed by atoms with Gasteiger partial charge in [-0.25, -0.2) is 9.59 Å². The number of benzene rings is 3. The number of ether oxygens (including phenoxy) is 1. The maximum absolute atomic E-state index is 12.1. The molecule has 1 N–H and O–H groups in total. The van der Waals surface area contributed by atoms with E-state index in [1.54, 1.807) is 24.3 Å². The molecule has 3 rings (SSSR count). The summed E-state index contributed by atoms with van der Waals surface area (Å²) >= 11 is 0. The lowest BCUT2D eigenvalue weighted by Gasteiger charge is -2.07. The Balaban J connectivity index is 1.98. The molecule has 0 saturated carbocycles. The highest BCUT2D eigenvalue weighted by Crippen LogP contribution is 2.25. The molecule has 0 aromatic heterocycles. The SMILES string of the molecule is CCCCOC(=O)c1ccc2cc3cc(C(=O)O)ccc3cc2c1. The van der Waals surface area contributed by atoms with Gasteiger partial charge in [0.1, 0.15) is 0 Å². The first-order valence-electron chi connectivity index (χ1n) is 7.96. The molecule has 3 aromatic rings. The normalized spacial score (nSPS) is 10.9. The van der Waals surface area contributed by atoms with Crippen molar-refractivity contribution in [3.05, 3.63) is 59.7 Å². The molecule has 0 fully saturated rings. The fourth-order valence-corrected chi connectivity index (χ4v) is 2.65. The number of rotatable bonds is 5. The third-order valence-corrected chi connectivity index (χ3v) is 4.01. The van der Waals surface area contributed by atoms with Gasteiger partial charge in [0.15, 0.2) is 0 Å². The van der Waals surface area contributed by atoms with Gasteiger partial charge < -0.3 is 9.84 Å². The first kappa shape index (κ1) is 16.0. The van der Waals surface area contributed by atoms with Crippen LogP contribution in [0.25, 0.3) is 21.5 Å². The van der Waals surface area contributed by atoms with Crippen molar-refractivity contribution in [1.82, 2.24) is 0 Å². The second-order valence-corrected chi connectivity index (χ2v) is 5.77. The minimum absolute atomic E-state index is 0.262. The highest BCUT2D eigenvalue weighted by atomic mass is 16.5. The Kier molecular flexibility index (Phi) is 4.47. The minimum atomic E-state index is -0.942. The lowest BCUT2D eigenvalue weighted by atomic mass is 10.00. The van der Waals surface area contributed by atoms with Crippen LogP contribution in [0.2, 0.25) is 0 Å². The van der Waals surface area contributed by atoms with Crippen molar-refractivity contribution in [3.8, 4) is 0 Å². The summed E-state index contributed by atoms with van der Waals surface area (Å²) in [4.78, 5) is 23.1. The molecule has 122 valence electrons. The van der Waals surface area contributed by atoms with E-state index in [1.165, 1.54) is 0 Å². The molecule has 0 atom stereocenters. The van der Waals surface area contributed by atoms with Gasteiger partial charge in [-0.1, -0.05) is 25.5 Å². The number of carboxylic acid groups (broad SMARTS) is 1. The summed E-state index contributed by atoms with van der Waals surface area (Å²) in [6.45, 7) is 2.48. The maximum Gasteiger partial charge on any atom is 0.338 e. The molecule has 24 heavy (non-hydrogen) atoms. The van der Waals surface area contributed by atoms with E-state index >= 15 is 0 Å². The number of carbonyl (C=O) groups is 2. The van der Waals surface area contributed by atoms with Gasteiger partial charge in [-0.2, -0.15) is 0 Å². The van der Waals surface area contributed by atoms with Gasteiger partial charge in [-0.15, -0.1) is 0 Å². The average molecular weight is 322 g/mol. The van der Waals surface area contributed by atoms with Crippen LogP contribution < -0.4 is 0 Å². The molecule has 4 nitrogen and oxygen atoms in total. The van der Waals surface area contributed by atoms with Crippen LogP contribution in [-0.2, 0) is 4.74 Å². The van der Waals surface area contributed by atoms with E-state index in [1.807, 2.05) is 31.2 Å². The lowest BCUT2D eigenvalue weighted by Crippen LogP contribution is -2.06. The first-order chi connectivity index (χ1) is 11.6. The molecule has 0 radical (unpaired) electrons. The average Bonchev–Trinajstić information content (AvgIpc) is 2.59. The van der Waals surface area contributed by atoms with E-state index in [4.69, 9.17) is 9.84 Å². The molecular formula is C20H18O4. The molecule has 0 aliphatic carbocycles. The number of hydrogen-bond acceptors (Lipinski definition) is 3. The predicted molar refractivity (Wildman–Crippen MR) is 93.6 cm³/mol. The molecule has 3 aromatic carbocycles. The highest BCUT2D eigenvalue weighted by molar-refractivity contribution is 6.03. The van der Waals surface area contributed by atoms with Crippen molar-refractivity contribution in [3.63, 3.8) is 0 Å². The standard InChI is InChI=1S/C20H18O4/c1-2-3-8-24-20(23)16-7-5-14-9-17-11-15(19(21)22)6-4-13(17)10-18(14)12-16/h4-7,9-12H,2-3,8H2,1H3,(H,21,22). The van der Waals surface area contributed by atoms with Crippen LogP contribution in [0.15, 0.2) is 48.5 Å². The van der Waals surface area contributed by atoms with Gasteiger partial charge in [-0.05, 0) is 64.4 Å². The fraction of sp³-hybridized carbons (Fsp3) is 0.200. The third kappa shape index (κ3) is 3.23. The summed E-state index contributed by atoms with van der Waals surface area (Å²) in [6, 6.07) is 14.3. The number of unbranched alkanes of at least 4 members (excludes halogenated alkanes) is 1. The second kappa shape index (κ2) is 6.71.